The van der Waals surface area contributed by atoms with Crippen molar-refractivity contribution in [3.05, 3.63) is 34.4 Å². The fourth-order valence-corrected chi connectivity index (χ4v) is 1.86. The molecular weight excluding hydrogens is 224 g/mol. The predicted molar refractivity (Wildman–Crippen MR) is 60.3 cm³/mol. The molecule has 5 heteroatoms. The van der Waals surface area contributed by atoms with E-state index in [0.29, 0.717) is 22.3 Å². The van der Waals surface area contributed by atoms with Crippen LogP contribution in [0.15, 0.2) is 31.8 Å². The molecule has 0 bridgehead atoms. The zero-order chi connectivity index (χ0) is 12.2. The summed E-state index contributed by atoms with van der Waals surface area (Å²) >= 11 is 0. The lowest BCUT2D eigenvalue weighted by Crippen LogP contribution is -1.98. The lowest BCUT2D eigenvalue weighted by atomic mass is 10.2. The number of benzene rings is 1. The fraction of sp³-hybridized carbons (Fsp3) is 0.0833. The molecule has 2 heterocycles. The van der Waals surface area contributed by atoms with Gasteiger partial charge in [-0.3, -0.25) is 0 Å². The Hall–Kier alpha value is -2.43. The molecule has 0 aliphatic carbocycles. The lowest BCUT2D eigenvalue weighted by Gasteiger charge is -1.95. The molecule has 0 atom stereocenters. The summed E-state index contributed by atoms with van der Waals surface area (Å²) in [6.45, 7) is 1.64. The first-order chi connectivity index (χ1) is 8.06. The summed E-state index contributed by atoms with van der Waals surface area (Å²) < 4.78 is 10.4. The molecule has 0 amide bonds. The highest BCUT2D eigenvalue weighted by Crippen LogP contribution is 2.35. The van der Waals surface area contributed by atoms with Crippen LogP contribution in [-0.4, -0.2) is 10.2 Å². The number of phenols is 2. The third-order valence-electron chi connectivity index (χ3n) is 2.60. The van der Waals surface area contributed by atoms with E-state index in [4.69, 9.17) is 8.83 Å². The van der Waals surface area contributed by atoms with Crippen LogP contribution in [0.1, 0.15) is 5.76 Å². The molecule has 3 aromatic rings. The van der Waals surface area contributed by atoms with Gasteiger partial charge in [0.2, 0.25) is 0 Å². The second-order valence-corrected chi connectivity index (χ2v) is 3.82. The Balaban J connectivity index is 2.60. The Morgan fingerprint density at radius 3 is 2.47 bits per heavy atom. The van der Waals surface area contributed by atoms with Gasteiger partial charge in [-0.15, -0.1) is 0 Å². The smallest absolute Gasteiger partial charge is 0.347 e. The summed E-state index contributed by atoms with van der Waals surface area (Å²) in [5.41, 5.74) is 0.177. The number of hydrogen-bond donors (Lipinski definition) is 2. The number of phenolic OH excluding ortho intramolecular Hbond substituents is 2. The van der Waals surface area contributed by atoms with E-state index in [1.807, 2.05) is 0 Å². The number of aromatic hydroxyl groups is 2. The third-order valence-corrected chi connectivity index (χ3v) is 2.60. The van der Waals surface area contributed by atoms with E-state index in [-0.39, 0.29) is 16.9 Å². The summed E-state index contributed by atoms with van der Waals surface area (Å²) in [5.74, 6) is -0.159. The minimum atomic E-state index is -0.524. The van der Waals surface area contributed by atoms with Crippen LogP contribution < -0.4 is 5.63 Å². The van der Waals surface area contributed by atoms with Crippen molar-refractivity contribution >= 4 is 21.9 Å². The molecule has 5 nitrogen and oxygen atoms in total. The quantitative estimate of drug-likeness (QED) is 0.581. The topological polar surface area (TPSA) is 83.8 Å². The highest BCUT2D eigenvalue weighted by molar-refractivity contribution is 6.05. The molecule has 0 aliphatic rings. The van der Waals surface area contributed by atoms with Gasteiger partial charge in [0.1, 0.15) is 22.3 Å². The van der Waals surface area contributed by atoms with Gasteiger partial charge in [-0.25, -0.2) is 4.79 Å². The van der Waals surface area contributed by atoms with Gasteiger partial charge in [-0.1, -0.05) is 0 Å². The molecule has 1 aromatic carbocycles. The fourth-order valence-electron chi connectivity index (χ4n) is 1.86. The highest BCUT2D eigenvalue weighted by atomic mass is 16.4. The van der Waals surface area contributed by atoms with Crippen molar-refractivity contribution in [2.24, 2.45) is 0 Å². The van der Waals surface area contributed by atoms with Gasteiger partial charge in [0.25, 0.3) is 0 Å². The average molecular weight is 232 g/mol. The van der Waals surface area contributed by atoms with Crippen molar-refractivity contribution in [1.82, 2.24) is 0 Å². The minimum absolute atomic E-state index is 0.265. The predicted octanol–water partition coefficient (Wildman–Crippen LogP) is 2.26. The largest absolute Gasteiger partial charge is 0.504 e. The summed E-state index contributed by atoms with van der Waals surface area (Å²) in [5, 5.41) is 19.5. The van der Waals surface area contributed by atoms with Crippen molar-refractivity contribution in [2.45, 2.75) is 6.92 Å². The first kappa shape index (κ1) is 9.77. The molecule has 0 saturated heterocycles. The maximum absolute atomic E-state index is 11.7. The van der Waals surface area contributed by atoms with Gasteiger partial charge in [0.15, 0.2) is 11.5 Å². The van der Waals surface area contributed by atoms with Crippen LogP contribution in [0.5, 0.6) is 11.5 Å². The van der Waals surface area contributed by atoms with E-state index in [1.165, 1.54) is 12.1 Å². The minimum Gasteiger partial charge on any atom is -0.504 e. The van der Waals surface area contributed by atoms with Crippen LogP contribution in [-0.2, 0) is 0 Å². The Bertz CT molecular complexity index is 794. The van der Waals surface area contributed by atoms with E-state index in [2.05, 4.69) is 0 Å². The zero-order valence-electron chi connectivity index (χ0n) is 8.85. The van der Waals surface area contributed by atoms with E-state index in [0.717, 1.165) is 0 Å². The number of aryl methyl sites for hydroxylation is 1. The Morgan fingerprint density at radius 2 is 1.71 bits per heavy atom. The van der Waals surface area contributed by atoms with Crippen molar-refractivity contribution in [2.75, 3.05) is 0 Å². The summed E-state index contributed by atoms with van der Waals surface area (Å²) in [4.78, 5) is 11.7. The van der Waals surface area contributed by atoms with Crippen molar-refractivity contribution in [3.8, 4) is 11.5 Å². The molecule has 0 spiro atoms. The van der Waals surface area contributed by atoms with Crippen LogP contribution >= 0.6 is 0 Å². The number of furan rings is 1. The molecule has 0 radical (unpaired) electrons. The first-order valence-corrected chi connectivity index (χ1v) is 4.95. The van der Waals surface area contributed by atoms with E-state index >= 15 is 0 Å². The first-order valence-electron chi connectivity index (χ1n) is 4.95. The molecule has 0 aliphatic heterocycles. The van der Waals surface area contributed by atoms with Crippen LogP contribution in [0.25, 0.3) is 21.9 Å². The summed E-state index contributed by atoms with van der Waals surface area (Å²) in [6, 6.07) is 4.13. The van der Waals surface area contributed by atoms with E-state index in [9.17, 15) is 15.0 Å². The molecule has 17 heavy (non-hydrogen) atoms. The molecule has 0 saturated carbocycles. The van der Waals surface area contributed by atoms with Gasteiger partial charge in [-0.2, -0.15) is 0 Å². The van der Waals surface area contributed by atoms with Gasteiger partial charge in [0, 0.05) is 17.5 Å². The molecule has 2 aromatic heterocycles. The van der Waals surface area contributed by atoms with E-state index in [1.54, 1.807) is 13.0 Å². The number of rotatable bonds is 0. The van der Waals surface area contributed by atoms with Crippen molar-refractivity contribution in [3.63, 3.8) is 0 Å². The number of hydrogen-bond acceptors (Lipinski definition) is 5. The Morgan fingerprint density at radius 1 is 1.00 bits per heavy atom. The van der Waals surface area contributed by atoms with Crippen molar-refractivity contribution < 1.29 is 19.0 Å². The monoisotopic (exact) mass is 232 g/mol. The second kappa shape index (κ2) is 3.04. The molecule has 86 valence electrons. The van der Waals surface area contributed by atoms with Crippen LogP contribution in [0.2, 0.25) is 0 Å². The maximum atomic E-state index is 11.7. The van der Waals surface area contributed by atoms with Gasteiger partial charge < -0.3 is 19.0 Å². The summed E-state index contributed by atoms with van der Waals surface area (Å²) in [7, 11) is 0. The van der Waals surface area contributed by atoms with Gasteiger partial charge in [0.05, 0.1) is 0 Å². The Kier molecular flexibility index (Phi) is 1.75. The second-order valence-electron chi connectivity index (χ2n) is 3.82. The summed E-state index contributed by atoms with van der Waals surface area (Å²) in [6.07, 6.45) is 0. The van der Waals surface area contributed by atoms with Gasteiger partial charge >= 0.3 is 5.63 Å². The van der Waals surface area contributed by atoms with Crippen LogP contribution in [0.3, 0.4) is 0 Å². The Labute approximate surface area is 94.5 Å². The van der Waals surface area contributed by atoms with Gasteiger partial charge in [-0.05, 0) is 13.0 Å². The normalized spacial score (nSPS) is 11.4. The highest BCUT2D eigenvalue weighted by Gasteiger charge is 2.14. The van der Waals surface area contributed by atoms with Crippen LogP contribution in [0.4, 0.5) is 0 Å². The maximum Gasteiger partial charge on any atom is 0.347 e. The molecule has 3 rings (SSSR count). The molecule has 0 fully saturated rings. The van der Waals surface area contributed by atoms with Crippen molar-refractivity contribution in [1.29, 1.82) is 0 Å². The molecular formula is C12H8O5. The third kappa shape index (κ3) is 1.29. The average Bonchev–Trinajstić information content (AvgIpc) is 2.56. The van der Waals surface area contributed by atoms with Crippen LogP contribution in [0, 0.1) is 6.92 Å². The molecule has 0 unspecified atom stereocenters. The lowest BCUT2D eigenvalue weighted by molar-refractivity contribution is 0.404. The van der Waals surface area contributed by atoms with E-state index < -0.39 is 5.63 Å². The SMILES string of the molecule is Cc1cc2oc3cc(O)c(O)cc3c2c(=O)o1. The number of fused-ring (bicyclic) bond motifs is 3. The zero-order valence-corrected chi connectivity index (χ0v) is 8.85. The molecule has 2 N–H and O–H groups in total. The standard InChI is InChI=1S/C12H8O5/c1-5-2-10-11(12(15)16-5)6-3-7(13)8(14)4-9(6)17-10/h2-4,13-14H,1H3.